The molecular formula is C28H36N2O5. The summed E-state index contributed by atoms with van der Waals surface area (Å²) in [6.07, 6.45) is 0.920. The lowest BCUT2D eigenvalue weighted by atomic mass is 9.95. The predicted molar refractivity (Wildman–Crippen MR) is 137 cm³/mol. The van der Waals surface area contributed by atoms with Crippen LogP contribution >= 0.6 is 0 Å². The van der Waals surface area contributed by atoms with Crippen LogP contribution in [0.15, 0.2) is 54.1 Å². The van der Waals surface area contributed by atoms with Crippen molar-refractivity contribution in [3.8, 4) is 11.5 Å². The van der Waals surface area contributed by atoms with Gasteiger partial charge in [-0.15, -0.1) is 0 Å². The highest BCUT2D eigenvalue weighted by atomic mass is 16.5. The molecule has 1 amide bonds. The number of nitrogens with zero attached hydrogens (tertiary/aromatic N) is 2. The third kappa shape index (κ3) is 6.42. The SMILES string of the molecule is CCOc1ccc(C(O)=C2C(=O)C(=O)N(CCN(C)C)C2c2cccc(OCCC(C)C)c2)cc1. The zero-order valence-electron chi connectivity index (χ0n) is 21.3. The van der Waals surface area contributed by atoms with Gasteiger partial charge in [0.2, 0.25) is 0 Å². The van der Waals surface area contributed by atoms with Crippen LogP contribution in [0.2, 0.25) is 0 Å². The maximum Gasteiger partial charge on any atom is 0.295 e. The molecular weight excluding hydrogens is 444 g/mol. The Bertz CT molecular complexity index is 1060. The Hall–Kier alpha value is -3.32. The first kappa shape index (κ1) is 26.3. The number of aliphatic hydroxyl groups is 1. The second-order valence-electron chi connectivity index (χ2n) is 9.36. The number of carbonyl (C=O) groups is 2. The number of aliphatic hydroxyl groups excluding tert-OH is 1. The summed E-state index contributed by atoms with van der Waals surface area (Å²) in [7, 11) is 3.82. The molecule has 0 spiro atoms. The number of amides is 1. The molecule has 1 unspecified atom stereocenters. The second kappa shape index (κ2) is 11.9. The highest BCUT2D eigenvalue weighted by molar-refractivity contribution is 6.46. The van der Waals surface area contributed by atoms with Crippen LogP contribution in [-0.4, -0.2) is 67.0 Å². The molecule has 1 N–H and O–H groups in total. The van der Waals surface area contributed by atoms with E-state index in [9.17, 15) is 14.7 Å². The summed E-state index contributed by atoms with van der Waals surface area (Å²) < 4.78 is 11.4. The van der Waals surface area contributed by atoms with Crippen LogP contribution < -0.4 is 9.47 Å². The first-order valence-corrected chi connectivity index (χ1v) is 12.1. The molecule has 0 radical (unpaired) electrons. The number of hydrogen-bond donors (Lipinski definition) is 1. The van der Waals surface area contributed by atoms with Gasteiger partial charge in [0.1, 0.15) is 17.3 Å². The van der Waals surface area contributed by atoms with Gasteiger partial charge >= 0.3 is 0 Å². The van der Waals surface area contributed by atoms with Crippen LogP contribution in [0.4, 0.5) is 0 Å². The monoisotopic (exact) mass is 480 g/mol. The van der Waals surface area contributed by atoms with Gasteiger partial charge < -0.3 is 24.4 Å². The van der Waals surface area contributed by atoms with Gasteiger partial charge in [-0.2, -0.15) is 0 Å². The number of carbonyl (C=O) groups excluding carboxylic acids is 2. The van der Waals surface area contributed by atoms with Crippen LogP contribution in [0, 0.1) is 5.92 Å². The van der Waals surface area contributed by atoms with Gasteiger partial charge in [0.15, 0.2) is 0 Å². The highest BCUT2D eigenvalue weighted by Gasteiger charge is 2.46. The summed E-state index contributed by atoms with van der Waals surface area (Å²) >= 11 is 0. The van der Waals surface area contributed by atoms with E-state index in [0.717, 1.165) is 12.0 Å². The third-order valence-electron chi connectivity index (χ3n) is 5.90. The van der Waals surface area contributed by atoms with E-state index in [2.05, 4.69) is 13.8 Å². The normalized spacial score (nSPS) is 17.5. The van der Waals surface area contributed by atoms with Gasteiger partial charge in [-0.1, -0.05) is 26.0 Å². The molecule has 0 aromatic heterocycles. The van der Waals surface area contributed by atoms with Gasteiger partial charge in [-0.3, -0.25) is 9.59 Å². The second-order valence-corrected chi connectivity index (χ2v) is 9.36. The van der Waals surface area contributed by atoms with Crippen molar-refractivity contribution >= 4 is 17.4 Å². The summed E-state index contributed by atoms with van der Waals surface area (Å²) in [5.41, 5.74) is 1.25. The number of rotatable bonds is 11. The lowest BCUT2D eigenvalue weighted by Crippen LogP contribution is -2.35. The van der Waals surface area contributed by atoms with Crippen molar-refractivity contribution < 1.29 is 24.2 Å². The number of likely N-dealkylation sites (N-methyl/N-ethyl adjacent to an activating group) is 1. The van der Waals surface area contributed by atoms with Crippen molar-refractivity contribution in [2.24, 2.45) is 5.92 Å². The van der Waals surface area contributed by atoms with E-state index in [-0.39, 0.29) is 11.3 Å². The minimum Gasteiger partial charge on any atom is -0.507 e. The average molecular weight is 481 g/mol. The molecule has 0 aliphatic carbocycles. The van der Waals surface area contributed by atoms with Crippen LogP contribution in [0.25, 0.3) is 5.76 Å². The number of hydrogen-bond acceptors (Lipinski definition) is 6. The molecule has 1 aliphatic heterocycles. The number of ketones is 1. The number of ether oxygens (including phenoxy) is 2. The minimum absolute atomic E-state index is 0.0808. The fourth-order valence-corrected chi connectivity index (χ4v) is 3.98. The predicted octanol–water partition coefficient (Wildman–Crippen LogP) is 4.49. The zero-order valence-corrected chi connectivity index (χ0v) is 21.3. The molecule has 7 heteroatoms. The van der Waals surface area contributed by atoms with Crippen LogP contribution in [0.3, 0.4) is 0 Å². The van der Waals surface area contributed by atoms with Crippen molar-refractivity contribution in [2.75, 3.05) is 40.4 Å². The Morgan fingerprint density at radius 2 is 1.77 bits per heavy atom. The molecule has 1 heterocycles. The van der Waals surface area contributed by atoms with Gasteiger partial charge in [0.05, 0.1) is 24.8 Å². The van der Waals surface area contributed by atoms with E-state index in [4.69, 9.17) is 9.47 Å². The third-order valence-corrected chi connectivity index (χ3v) is 5.90. The molecule has 7 nitrogen and oxygen atoms in total. The lowest BCUT2D eigenvalue weighted by molar-refractivity contribution is -0.140. The largest absolute Gasteiger partial charge is 0.507 e. The Labute approximate surface area is 207 Å². The van der Waals surface area contributed by atoms with Crippen LogP contribution in [0.5, 0.6) is 11.5 Å². The minimum atomic E-state index is -0.713. The number of Topliss-reactive ketones (excluding diaryl/α,β-unsaturated/α-hetero) is 1. The van der Waals surface area contributed by atoms with E-state index in [0.29, 0.717) is 49.3 Å². The van der Waals surface area contributed by atoms with E-state index < -0.39 is 17.7 Å². The fraction of sp³-hybridized carbons (Fsp3) is 0.429. The van der Waals surface area contributed by atoms with Crippen molar-refractivity contribution in [3.05, 3.63) is 65.2 Å². The van der Waals surface area contributed by atoms with Crippen LogP contribution in [-0.2, 0) is 9.59 Å². The topological polar surface area (TPSA) is 79.3 Å². The van der Waals surface area contributed by atoms with Crippen molar-refractivity contribution in [1.82, 2.24) is 9.80 Å². The lowest BCUT2D eigenvalue weighted by Gasteiger charge is -2.27. The standard InChI is InChI=1S/C28H36N2O5/c1-6-34-22-12-10-20(11-13-22)26(31)24-25(30(16-15-29(4)5)28(33)27(24)32)21-8-7-9-23(18-21)35-17-14-19(2)3/h7-13,18-19,25,31H,6,14-17H2,1-5H3. The van der Waals surface area contributed by atoms with Crippen molar-refractivity contribution in [1.29, 1.82) is 0 Å². The Morgan fingerprint density at radius 3 is 2.40 bits per heavy atom. The molecule has 2 aromatic rings. The van der Waals surface area contributed by atoms with Gasteiger partial charge in [-0.05, 0) is 75.3 Å². The number of likely N-dealkylation sites (tertiary alicyclic amines) is 1. The maximum atomic E-state index is 13.2. The maximum absolute atomic E-state index is 13.2. The summed E-state index contributed by atoms with van der Waals surface area (Å²) in [4.78, 5) is 29.8. The van der Waals surface area contributed by atoms with Gasteiger partial charge in [-0.25, -0.2) is 0 Å². The van der Waals surface area contributed by atoms with Crippen LogP contribution in [0.1, 0.15) is 44.4 Å². The van der Waals surface area contributed by atoms with Crippen molar-refractivity contribution in [3.63, 3.8) is 0 Å². The fourth-order valence-electron chi connectivity index (χ4n) is 3.98. The molecule has 2 aromatic carbocycles. The quantitative estimate of drug-likeness (QED) is 0.290. The Balaban J connectivity index is 2.03. The van der Waals surface area contributed by atoms with Crippen molar-refractivity contribution in [2.45, 2.75) is 33.2 Å². The van der Waals surface area contributed by atoms with E-state index in [1.807, 2.05) is 50.2 Å². The van der Waals surface area contributed by atoms with E-state index in [1.165, 1.54) is 4.90 Å². The van der Waals surface area contributed by atoms with E-state index in [1.54, 1.807) is 24.3 Å². The highest BCUT2D eigenvalue weighted by Crippen LogP contribution is 2.40. The smallest absolute Gasteiger partial charge is 0.295 e. The average Bonchev–Trinajstić information content (AvgIpc) is 3.08. The molecule has 3 rings (SSSR count). The molecule has 0 bridgehead atoms. The Morgan fingerprint density at radius 1 is 1.06 bits per heavy atom. The zero-order chi connectivity index (χ0) is 25.5. The summed E-state index contributed by atoms with van der Waals surface area (Å²) in [5.74, 6) is 0.350. The molecule has 1 atom stereocenters. The molecule has 1 aliphatic rings. The molecule has 35 heavy (non-hydrogen) atoms. The van der Waals surface area contributed by atoms with E-state index >= 15 is 0 Å². The molecule has 188 valence electrons. The first-order chi connectivity index (χ1) is 16.7. The Kier molecular flexibility index (Phi) is 8.93. The molecule has 1 saturated heterocycles. The number of benzene rings is 2. The first-order valence-electron chi connectivity index (χ1n) is 12.1. The summed E-state index contributed by atoms with van der Waals surface area (Å²) in [5, 5.41) is 11.2. The molecule has 1 fully saturated rings. The summed E-state index contributed by atoms with van der Waals surface area (Å²) in [6, 6.07) is 13.6. The molecule has 0 saturated carbocycles. The van der Waals surface area contributed by atoms with Gasteiger partial charge in [0, 0.05) is 18.7 Å². The van der Waals surface area contributed by atoms with Gasteiger partial charge in [0.25, 0.3) is 11.7 Å². The summed E-state index contributed by atoms with van der Waals surface area (Å²) in [6.45, 7) is 8.20.